The fourth-order valence-corrected chi connectivity index (χ4v) is 7.33. The third-order valence-corrected chi connectivity index (χ3v) is 9.26. The van der Waals surface area contributed by atoms with E-state index >= 15 is 0 Å². The van der Waals surface area contributed by atoms with Crippen LogP contribution in [-0.4, -0.2) is 21.1 Å². The van der Waals surface area contributed by atoms with Crippen LogP contribution in [0.3, 0.4) is 0 Å². The van der Waals surface area contributed by atoms with E-state index in [9.17, 15) is 0 Å². The molecule has 6 rings (SSSR count). The average Bonchev–Trinajstić information content (AvgIpc) is 3.58. The number of hydrogen-bond acceptors (Lipinski definition) is 2. The van der Waals surface area contributed by atoms with Gasteiger partial charge in [0.2, 0.25) is 0 Å². The molecule has 0 bridgehead atoms. The molecular formula is C48H62Cl2O2SiZr-4. The number of hydrogen-bond donors (Lipinski definition) is 0. The van der Waals surface area contributed by atoms with Crippen molar-refractivity contribution in [2.45, 2.75) is 93.9 Å². The number of fused-ring (bicyclic) bond motifs is 2. The molecule has 0 fully saturated rings. The molecule has 0 aliphatic rings. The standard InChI is InChI=1S/2C23H27O.2CH3.2ClH.Si.Zr/c2*1-14-8-15(2)11-18(10-14)21-19-12-16(3)9-17(19)13-20(22(21)24-7)23(4,5)6;;;;;;/h2*8-13H,1-7H3;2*1H3;2*1H;;/q4*-1;;;;. The van der Waals surface area contributed by atoms with Gasteiger partial charge in [-0.3, -0.25) is 0 Å². The van der Waals surface area contributed by atoms with Gasteiger partial charge in [-0.25, -0.2) is 0 Å². The van der Waals surface area contributed by atoms with Crippen molar-refractivity contribution < 1.29 is 32.8 Å². The SMILES string of the molecule is COc1c(C(C)(C)C)cc2[cH-]c(C)cc2c1-c1cc(C)cc(C)c1.COc1c(C(C)(C)C)cc2[cH-]c(C)cc2c1-c1cc(C)cc(C)c1.Cl.Cl.[CH3-].[CH3-].[Si]=[Zr]. The van der Waals surface area contributed by atoms with Gasteiger partial charge in [-0.15, -0.1) is 81.8 Å². The van der Waals surface area contributed by atoms with Gasteiger partial charge in [-0.05, 0) is 71.9 Å². The molecule has 292 valence electrons. The first-order valence-corrected chi connectivity index (χ1v) is 21.6. The van der Waals surface area contributed by atoms with Gasteiger partial charge in [0, 0.05) is 0 Å². The summed E-state index contributed by atoms with van der Waals surface area (Å²) in [6.07, 6.45) is 0. The van der Waals surface area contributed by atoms with Gasteiger partial charge in [-0.1, -0.05) is 114 Å². The first-order chi connectivity index (χ1) is 23.4. The number of benzene rings is 4. The minimum absolute atomic E-state index is 0. The zero-order valence-corrected chi connectivity index (χ0v) is 40.7. The van der Waals surface area contributed by atoms with Crippen LogP contribution in [-0.2, 0) is 34.2 Å². The predicted octanol–water partition coefficient (Wildman–Crippen LogP) is 14.3. The first kappa shape index (κ1) is 51.4. The van der Waals surface area contributed by atoms with Crippen molar-refractivity contribution in [2.24, 2.45) is 0 Å². The molecule has 0 amide bonds. The Morgan fingerprint density at radius 1 is 0.481 bits per heavy atom. The predicted molar refractivity (Wildman–Crippen MR) is 242 cm³/mol. The molecule has 6 aromatic carbocycles. The molecule has 2 nitrogen and oxygen atoms in total. The summed E-state index contributed by atoms with van der Waals surface area (Å²) in [7, 11) is 3.58. The van der Waals surface area contributed by atoms with Gasteiger partial charge < -0.3 is 24.3 Å². The summed E-state index contributed by atoms with van der Waals surface area (Å²) >= 11 is 1.36. The summed E-state index contributed by atoms with van der Waals surface area (Å²) in [4.78, 5) is 0. The molecule has 6 heteroatoms. The molecule has 0 aromatic heterocycles. The number of ether oxygens (including phenoxy) is 2. The summed E-state index contributed by atoms with van der Waals surface area (Å²) in [6, 6.07) is 27.2. The van der Waals surface area contributed by atoms with Crippen molar-refractivity contribution in [1.29, 1.82) is 0 Å². The quantitative estimate of drug-likeness (QED) is 0.130. The third kappa shape index (κ3) is 11.2. The number of rotatable bonds is 4. The monoisotopic (exact) mass is 858 g/mol. The van der Waals surface area contributed by atoms with Gasteiger partial charge in [-0.2, -0.15) is 12.1 Å². The zero-order valence-electron chi connectivity index (χ0n) is 35.6. The molecule has 54 heavy (non-hydrogen) atoms. The molecule has 0 spiro atoms. The second-order valence-corrected chi connectivity index (χ2v) is 16.0. The summed E-state index contributed by atoms with van der Waals surface area (Å²) in [5, 5.41) is 5.16. The molecule has 6 aromatic rings. The second kappa shape index (κ2) is 20.5. The summed E-state index contributed by atoms with van der Waals surface area (Å²) < 4.78 is 11.9. The van der Waals surface area contributed by atoms with E-state index in [1.165, 1.54) is 112 Å². The number of aryl methyl sites for hydroxylation is 6. The molecule has 0 saturated heterocycles. The van der Waals surface area contributed by atoms with E-state index in [2.05, 4.69) is 163 Å². The number of methoxy groups -OCH3 is 2. The van der Waals surface area contributed by atoms with E-state index in [4.69, 9.17) is 9.47 Å². The topological polar surface area (TPSA) is 18.5 Å². The Labute approximate surface area is 357 Å². The molecule has 0 unspecified atom stereocenters. The molecule has 0 aliphatic heterocycles. The Hall–Kier alpha value is -2.62. The molecule has 0 N–H and O–H groups in total. The number of halogens is 2. The van der Waals surface area contributed by atoms with Crippen LogP contribution >= 0.6 is 24.8 Å². The maximum atomic E-state index is 5.95. The van der Waals surface area contributed by atoms with E-state index in [0.29, 0.717) is 0 Å². The molecule has 0 heterocycles. The Balaban J connectivity index is 0.000000929. The fourth-order valence-electron chi connectivity index (χ4n) is 7.33. The summed E-state index contributed by atoms with van der Waals surface area (Å²) in [5.41, 5.74) is 15.2. The van der Waals surface area contributed by atoms with Crippen molar-refractivity contribution in [3.05, 3.63) is 132 Å². The second-order valence-electron chi connectivity index (χ2n) is 16.0. The maximum absolute atomic E-state index is 5.95. The molecule has 0 saturated carbocycles. The van der Waals surface area contributed by atoms with Crippen molar-refractivity contribution in [3.63, 3.8) is 0 Å². The normalized spacial score (nSPS) is 10.7. The molecule has 0 atom stereocenters. The van der Waals surface area contributed by atoms with Crippen LogP contribution in [0.25, 0.3) is 43.8 Å². The van der Waals surface area contributed by atoms with Crippen LogP contribution in [0.2, 0.25) is 0 Å². The van der Waals surface area contributed by atoms with Gasteiger partial charge in [0.25, 0.3) is 0 Å². The average molecular weight is 861 g/mol. The summed E-state index contributed by atoms with van der Waals surface area (Å²) in [6.45, 7) is 29.5. The first-order valence-electron chi connectivity index (χ1n) is 17.4. The zero-order chi connectivity index (χ0) is 37.3. The Kier molecular flexibility index (Phi) is 19.5. The Morgan fingerprint density at radius 2 is 0.759 bits per heavy atom. The minimum atomic E-state index is 0. The van der Waals surface area contributed by atoms with E-state index in [0.717, 1.165) is 11.5 Å². The molecular weight excluding hydrogens is 799 g/mol. The van der Waals surface area contributed by atoms with Gasteiger partial charge in [0.1, 0.15) is 11.5 Å². The van der Waals surface area contributed by atoms with Crippen LogP contribution in [0.15, 0.2) is 72.8 Å². The van der Waals surface area contributed by atoms with Crippen molar-refractivity contribution >= 4 is 53.2 Å². The van der Waals surface area contributed by atoms with Crippen LogP contribution in [0.4, 0.5) is 0 Å². The Bertz CT molecular complexity index is 1960. The van der Waals surface area contributed by atoms with Crippen LogP contribution in [0.5, 0.6) is 11.5 Å². The van der Waals surface area contributed by atoms with E-state index < -0.39 is 0 Å². The molecule has 0 aliphatic carbocycles. The summed E-state index contributed by atoms with van der Waals surface area (Å²) in [5.74, 6) is 2.01. The Morgan fingerprint density at radius 3 is 1.00 bits per heavy atom. The van der Waals surface area contributed by atoms with Gasteiger partial charge in [0.15, 0.2) is 0 Å². The van der Waals surface area contributed by atoms with Gasteiger partial charge in [0.05, 0.1) is 14.2 Å². The van der Waals surface area contributed by atoms with Crippen LogP contribution < -0.4 is 9.47 Å². The fraction of sp³-hybridized carbons (Fsp3) is 0.333. The van der Waals surface area contributed by atoms with Crippen molar-refractivity contribution in [1.82, 2.24) is 0 Å². The van der Waals surface area contributed by atoms with Crippen molar-refractivity contribution in [3.8, 4) is 33.8 Å². The molecule has 2 radical (unpaired) electrons. The van der Waals surface area contributed by atoms with Gasteiger partial charge >= 0.3 is 30.2 Å². The van der Waals surface area contributed by atoms with E-state index in [1.807, 2.05) is 0 Å². The van der Waals surface area contributed by atoms with Crippen molar-refractivity contribution in [2.75, 3.05) is 14.2 Å². The van der Waals surface area contributed by atoms with Crippen LogP contribution in [0, 0.1) is 56.4 Å². The van der Waals surface area contributed by atoms with E-state index in [-0.39, 0.29) is 50.5 Å². The van der Waals surface area contributed by atoms with E-state index in [1.54, 1.807) is 14.2 Å². The third-order valence-electron chi connectivity index (χ3n) is 9.26. The van der Waals surface area contributed by atoms with Crippen LogP contribution in [0.1, 0.15) is 86.1 Å².